The molecular weight excluding hydrogens is 278 g/mol. The fourth-order valence-corrected chi connectivity index (χ4v) is 4.04. The Morgan fingerprint density at radius 3 is 2.71 bits per heavy atom. The van der Waals surface area contributed by atoms with Crippen molar-refractivity contribution in [1.29, 1.82) is 0 Å². The molecule has 3 unspecified atom stereocenters. The minimum absolute atomic E-state index is 0.524. The second kappa shape index (κ2) is 6.06. The maximum atomic E-state index is 6.10. The monoisotopic (exact) mass is 301 g/mol. The van der Waals surface area contributed by atoms with Gasteiger partial charge in [0.05, 0.1) is 5.56 Å². The number of nitrogen functional groups attached to an aromatic ring is 1. The summed E-state index contributed by atoms with van der Waals surface area (Å²) in [4.78, 5) is 0. The summed E-state index contributed by atoms with van der Waals surface area (Å²) < 4.78 is 4.36. The van der Waals surface area contributed by atoms with E-state index in [0.717, 1.165) is 22.0 Å². The zero-order valence-corrected chi connectivity index (χ0v) is 13.5. The lowest BCUT2D eigenvalue weighted by molar-refractivity contribution is 0.253. The predicted octanol–water partition coefficient (Wildman–Crippen LogP) is 4.63. The van der Waals surface area contributed by atoms with Crippen molar-refractivity contribution in [3.8, 4) is 11.1 Å². The van der Waals surface area contributed by atoms with Gasteiger partial charge in [-0.15, -0.1) is 0 Å². The van der Waals surface area contributed by atoms with E-state index in [-0.39, 0.29) is 0 Å². The molecule has 1 aromatic heterocycles. The molecule has 0 bridgehead atoms. The third-order valence-corrected chi connectivity index (χ3v) is 5.60. The lowest BCUT2D eigenvalue weighted by atomic mass is 9.78. The largest absolute Gasteiger partial charge is 0.382 e. The summed E-state index contributed by atoms with van der Waals surface area (Å²) in [6.07, 6.45) is 3.88. The number of nitrogens with one attached hydrogen (secondary N) is 1. The molecule has 1 heterocycles. The molecule has 1 aromatic carbocycles. The van der Waals surface area contributed by atoms with Gasteiger partial charge in [-0.2, -0.15) is 4.37 Å². The summed E-state index contributed by atoms with van der Waals surface area (Å²) in [6.45, 7) is 4.71. The standard InChI is InChI=1S/C17H23N3S/c1-11-7-6-10-14(12(11)2)19-17-15(16(18)20-21-17)13-8-4-3-5-9-13/h3-5,8-9,11-12,14,19H,6-7,10H2,1-2H3,(H2,18,20). The highest BCUT2D eigenvalue weighted by Gasteiger charge is 2.28. The lowest BCUT2D eigenvalue weighted by Gasteiger charge is -2.35. The van der Waals surface area contributed by atoms with Crippen LogP contribution in [-0.4, -0.2) is 10.4 Å². The maximum Gasteiger partial charge on any atom is 0.147 e. The molecule has 1 aliphatic rings. The van der Waals surface area contributed by atoms with E-state index < -0.39 is 0 Å². The molecule has 0 saturated heterocycles. The van der Waals surface area contributed by atoms with Gasteiger partial charge in [0.15, 0.2) is 0 Å². The predicted molar refractivity (Wildman–Crippen MR) is 91.6 cm³/mol. The smallest absolute Gasteiger partial charge is 0.147 e. The maximum absolute atomic E-state index is 6.10. The van der Waals surface area contributed by atoms with Crippen molar-refractivity contribution in [3.63, 3.8) is 0 Å². The van der Waals surface area contributed by atoms with Crippen molar-refractivity contribution in [3.05, 3.63) is 30.3 Å². The first-order chi connectivity index (χ1) is 10.2. The van der Waals surface area contributed by atoms with Gasteiger partial charge in [-0.05, 0) is 35.4 Å². The molecular formula is C17H23N3S. The molecule has 3 nitrogen and oxygen atoms in total. The van der Waals surface area contributed by atoms with E-state index in [1.54, 1.807) is 0 Å². The van der Waals surface area contributed by atoms with Crippen molar-refractivity contribution >= 4 is 22.4 Å². The van der Waals surface area contributed by atoms with E-state index in [0.29, 0.717) is 17.8 Å². The summed E-state index contributed by atoms with van der Waals surface area (Å²) in [5.74, 6) is 2.10. The third kappa shape index (κ3) is 2.91. The van der Waals surface area contributed by atoms with Crippen LogP contribution in [0.4, 0.5) is 10.8 Å². The van der Waals surface area contributed by atoms with E-state index in [1.807, 2.05) is 18.2 Å². The van der Waals surface area contributed by atoms with Crippen LogP contribution < -0.4 is 11.1 Å². The molecule has 2 aromatic rings. The van der Waals surface area contributed by atoms with Crippen LogP contribution in [0.1, 0.15) is 33.1 Å². The van der Waals surface area contributed by atoms with Crippen molar-refractivity contribution < 1.29 is 0 Å². The Morgan fingerprint density at radius 1 is 1.19 bits per heavy atom. The molecule has 1 saturated carbocycles. The average Bonchev–Trinajstić information content (AvgIpc) is 2.86. The fourth-order valence-electron chi connectivity index (χ4n) is 3.24. The number of nitrogens with two attached hydrogens (primary N) is 1. The molecule has 3 rings (SSSR count). The Hall–Kier alpha value is -1.55. The Labute approximate surface area is 130 Å². The summed E-state index contributed by atoms with van der Waals surface area (Å²) >= 11 is 1.48. The zero-order chi connectivity index (χ0) is 14.8. The van der Waals surface area contributed by atoms with Crippen LogP contribution in [-0.2, 0) is 0 Å². The van der Waals surface area contributed by atoms with Crippen LogP contribution in [0.25, 0.3) is 11.1 Å². The molecule has 4 heteroatoms. The highest BCUT2D eigenvalue weighted by molar-refractivity contribution is 7.11. The van der Waals surface area contributed by atoms with Crippen LogP contribution in [0.5, 0.6) is 0 Å². The van der Waals surface area contributed by atoms with Gasteiger partial charge in [0, 0.05) is 6.04 Å². The number of hydrogen-bond acceptors (Lipinski definition) is 4. The van der Waals surface area contributed by atoms with Crippen LogP contribution in [0, 0.1) is 11.8 Å². The molecule has 0 amide bonds. The minimum Gasteiger partial charge on any atom is -0.382 e. The van der Waals surface area contributed by atoms with Crippen molar-refractivity contribution in [1.82, 2.24) is 4.37 Å². The van der Waals surface area contributed by atoms with Crippen molar-refractivity contribution in [2.24, 2.45) is 11.8 Å². The Kier molecular flexibility index (Phi) is 4.15. The molecule has 1 aliphatic carbocycles. The van der Waals surface area contributed by atoms with Crippen LogP contribution in [0.3, 0.4) is 0 Å². The number of hydrogen-bond donors (Lipinski definition) is 2. The van der Waals surface area contributed by atoms with Gasteiger partial charge in [-0.3, -0.25) is 0 Å². The molecule has 112 valence electrons. The number of anilines is 2. The van der Waals surface area contributed by atoms with Crippen molar-refractivity contribution in [2.75, 3.05) is 11.1 Å². The zero-order valence-electron chi connectivity index (χ0n) is 12.7. The molecule has 1 fully saturated rings. The molecule has 21 heavy (non-hydrogen) atoms. The first-order valence-corrected chi connectivity index (χ1v) is 8.51. The van der Waals surface area contributed by atoms with Gasteiger partial charge in [-0.25, -0.2) is 0 Å². The van der Waals surface area contributed by atoms with Crippen LogP contribution in [0.2, 0.25) is 0 Å². The van der Waals surface area contributed by atoms with E-state index in [2.05, 4.69) is 35.7 Å². The van der Waals surface area contributed by atoms with Gasteiger partial charge in [0.1, 0.15) is 10.8 Å². The average molecular weight is 301 g/mol. The molecule has 3 N–H and O–H groups in total. The molecule has 3 atom stereocenters. The van der Waals surface area contributed by atoms with Gasteiger partial charge < -0.3 is 11.1 Å². The molecule has 0 aliphatic heterocycles. The van der Waals surface area contributed by atoms with Gasteiger partial charge in [-0.1, -0.05) is 57.0 Å². The van der Waals surface area contributed by atoms with Crippen LogP contribution >= 0.6 is 11.5 Å². The van der Waals surface area contributed by atoms with Crippen LogP contribution in [0.15, 0.2) is 30.3 Å². The number of nitrogens with zero attached hydrogens (tertiary/aromatic N) is 1. The summed E-state index contributed by atoms with van der Waals surface area (Å²) in [6, 6.07) is 10.8. The van der Waals surface area contributed by atoms with E-state index >= 15 is 0 Å². The Morgan fingerprint density at radius 2 is 1.95 bits per heavy atom. The normalized spacial score (nSPS) is 25.7. The molecule has 0 spiro atoms. The van der Waals surface area contributed by atoms with Gasteiger partial charge in [0.2, 0.25) is 0 Å². The number of aromatic nitrogens is 1. The highest BCUT2D eigenvalue weighted by atomic mass is 32.1. The summed E-state index contributed by atoms with van der Waals surface area (Å²) in [7, 11) is 0. The number of benzene rings is 1. The number of rotatable bonds is 3. The second-order valence-corrected chi connectivity index (χ2v) is 6.93. The van der Waals surface area contributed by atoms with Gasteiger partial charge >= 0.3 is 0 Å². The highest BCUT2D eigenvalue weighted by Crippen LogP contribution is 2.39. The first-order valence-electron chi connectivity index (χ1n) is 7.74. The quantitative estimate of drug-likeness (QED) is 0.869. The topological polar surface area (TPSA) is 50.9 Å². The molecule has 0 radical (unpaired) electrons. The fraction of sp³-hybridized carbons (Fsp3) is 0.471. The SMILES string of the molecule is CC1CCCC(Nc2snc(N)c2-c2ccccc2)C1C. The first kappa shape index (κ1) is 14.4. The Bertz CT molecular complexity index is 593. The van der Waals surface area contributed by atoms with E-state index in [1.165, 1.54) is 30.8 Å². The van der Waals surface area contributed by atoms with E-state index in [9.17, 15) is 0 Å². The lowest BCUT2D eigenvalue weighted by Crippen LogP contribution is -2.34. The summed E-state index contributed by atoms with van der Waals surface area (Å²) in [5.41, 5.74) is 8.30. The van der Waals surface area contributed by atoms with Gasteiger partial charge in [0.25, 0.3) is 0 Å². The summed E-state index contributed by atoms with van der Waals surface area (Å²) in [5, 5.41) is 4.84. The Balaban J connectivity index is 1.87. The van der Waals surface area contributed by atoms with E-state index in [4.69, 9.17) is 5.73 Å². The van der Waals surface area contributed by atoms with Crippen molar-refractivity contribution in [2.45, 2.75) is 39.2 Å². The third-order valence-electron chi connectivity index (χ3n) is 4.80. The second-order valence-electron chi connectivity index (χ2n) is 6.16. The minimum atomic E-state index is 0.524.